The van der Waals surface area contributed by atoms with E-state index in [1.807, 2.05) is 49.5 Å². The Hall–Kier alpha value is -2.46. The van der Waals surface area contributed by atoms with Crippen molar-refractivity contribution in [2.45, 2.75) is 6.92 Å². The second-order valence-electron chi connectivity index (χ2n) is 5.37. The van der Waals surface area contributed by atoms with E-state index in [1.165, 1.54) is 0 Å². The summed E-state index contributed by atoms with van der Waals surface area (Å²) < 4.78 is 5.39. The van der Waals surface area contributed by atoms with Gasteiger partial charge in [-0.3, -0.25) is 9.80 Å². The average Bonchev–Trinajstić information content (AvgIpc) is 2.56. The Kier molecular flexibility index (Phi) is 4.26. The van der Waals surface area contributed by atoms with Gasteiger partial charge in [0.2, 0.25) is 0 Å². The summed E-state index contributed by atoms with van der Waals surface area (Å²) in [7, 11) is 1.60. The molecule has 1 aliphatic rings. The van der Waals surface area contributed by atoms with E-state index in [-0.39, 0.29) is 6.03 Å². The zero-order chi connectivity index (χ0) is 16.4. The Morgan fingerprint density at radius 3 is 2.65 bits per heavy atom. The Balaban J connectivity index is 2.02. The largest absolute Gasteiger partial charge is 0.495 e. The summed E-state index contributed by atoms with van der Waals surface area (Å²) in [5.41, 5.74) is 2.55. The van der Waals surface area contributed by atoms with Gasteiger partial charge < -0.3 is 4.74 Å². The molecule has 0 radical (unpaired) electrons. The highest BCUT2D eigenvalue weighted by atomic mass is 35.5. The second-order valence-corrected chi connectivity index (χ2v) is 5.80. The van der Waals surface area contributed by atoms with Crippen molar-refractivity contribution < 1.29 is 9.53 Å². The summed E-state index contributed by atoms with van der Waals surface area (Å²) in [6.07, 6.45) is 1.85. The van der Waals surface area contributed by atoms with E-state index in [1.54, 1.807) is 29.0 Å². The fourth-order valence-corrected chi connectivity index (χ4v) is 2.80. The van der Waals surface area contributed by atoms with Gasteiger partial charge >= 0.3 is 6.03 Å². The van der Waals surface area contributed by atoms with Gasteiger partial charge in [-0.15, -0.1) is 0 Å². The van der Waals surface area contributed by atoms with Crippen LogP contribution in [-0.2, 0) is 0 Å². The van der Waals surface area contributed by atoms with Crippen LogP contribution in [0, 0.1) is 0 Å². The SMILES string of the molecule is COc1ccccc1N1CC(C)=CN(c2cccc(Cl)c2)C1=O. The van der Waals surface area contributed by atoms with Crippen LogP contribution in [0.5, 0.6) is 5.75 Å². The lowest BCUT2D eigenvalue weighted by atomic mass is 10.2. The molecule has 0 saturated carbocycles. The van der Waals surface area contributed by atoms with Crippen molar-refractivity contribution in [1.82, 2.24) is 0 Å². The average molecular weight is 329 g/mol. The maximum absolute atomic E-state index is 13.0. The minimum atomic E-state index is -0.137. The molecule has 0 atom stereocenters. The fourth-order valence-electron chi connectivity index (χ4n) is 2.62. The van der Waals surface area contributed by atoms with E-state index in [9.17, 15) is 4.79 Å². The van der Waals surface area contributed by atoms with E-state index in [4.69, 9.17) is 16.3 Å². The summed E-state index contributed by atoms with van der Waals surface area (Å²) in [5, 5.41) is 0.593. The Morgan fingerprint density at radius 2 is 1.91 bits per heavy atom. The maximum Gasteiger partial charge on any atom is 0.333 e. The molecule has 0 aliphatic carbocycles. The predicted molar refractivity (Wildman–Crippen MR) is 93.4 cm³/mol. The van der Waals surface area contributed by atoms with Crippen LogP contribution >= 0.6 is 11.6 Å². The van der Waals surface area contributed by atoms with Crippen LogP contribution in [0.4, 0.5) is 16.2 Å². The van der Waals surface area contributed by atoms with E-state index in [0.717, 1.165) is 16.9 Å². The minimum Gasteiger partial charge on any atom is -0.495 e. The molecular formula is C18H17ClN2O2. The second kappa shape index (κ2) is 6.34. The van der Waals surface area contributed by atoms with Gasteiger partial charge in [0.15, 0.2) is 0 Å². The van der Waals surface area contributed by atoms with Gasteiger partial charge in [-0.1, -0.05) is 29.8 Å². The minimum absolute atomic E-state index is 0.137. The van der Waals surface area contributed by atoms with Gasteiger partial charge in [-0.05, 0) is 42.8 Å². The van der Waals surface area contributed by atoms with E-state index >= 15 is 0 Å². The number of rotatable bonds is 3. The van der Waals surface area contributed by atoms with E-state index < -0.39 is 0 Å². The highest BCUT2D eigenvalue weighted by Gasteiger charge is 2.28. The van der Waals surface area contributed by atoms with Crippen LogP contribution in [-0.4, -0.2) is 19.7 Å². The Bertz CT molecular complexity index is 773. The molecule has 1 heterocycles. The number of urea groups is 1. The molecule has 5 heteroatoms. The van der Waals surface area contributed by atoms with Gasteiger partial charge in [0.05, 0.1) is 25.0 Å². The van der Waals surface area contributed by atoms with Crippen LogP contribution in [0.1, 0.15) is 6.92 Å². The molecule has 118 valence electrons. The van der Waals surface area contributed by atoms with Gasteiger partial charge in [-0.2, -0.15) is 0 Å². The predicted octanol–water partition coefficient (Wildman–Crippen LogP) is 4.70. The van der Waals surface area contributed by atoms with Crippen molar-refractivity contribution in [3.8, 4) is 5.75 Å². The third-order valence-corrected chi connectivity index (χ3v) is 3.89. The normalized spacial score (nSPS) is 14.7. The molecule has 2 aromatic carbocycles. The quantitative estimate of drug-likeness (QED) is 0.818. The monoisotopic (exact) mass is 328 g/mol. The number of halogens is 1. The van der Waals surface area contributed by atoms with Crippen molar-refractivity contribution in [2.24, 2.45) is 0 Å². The van der Waals surface area contributed by atoms with Crippen molar-refractivity contribution in [3.05, 3.63) is 65.3 Å². The first-order chi connectivity index (χ1) is 11.1. The Morgan fingerprint density at radius 1 is 1.13 bits per heavy atom. The molecule has 0 aromatic heterocycles. The van der Waals surface area contributed by atoms with Crippen LogP contribution < -0.4 is 14.5 Å². The van der Waals surface area contributed by atoms with E-state index in [0.29, 0.717) is 17.3 Å². The van der Waals surface area contributed by atoms with Crippen molar-refractivity contribution in [2.75, 3.05) is 23.5 Å². The van der Waals surface area contributed by atoms with Gasteiger partial charge in [0.1, 0.15) is 5.75 Å². The maximum atomic E-state index is 13.0. The zero-order valence-corrected chi connectivity index (χ0v) is 13.7. The molecule has 0 saturated heterocycles. The van der Waals surface area contributed by atoms with Crippen molar-refractivity contribution in [1.29, 1.82) is 0 Å². The summed E-state index contributed by atoms with van der Waals surface area (Å²) in [6.45, 7) is 2.52. The number of carbonyl (C=O) groups excluding carboxylic acids is 1. The third kappa shape index (κ3) is 3.03. The van der Waals surface area contributed by atoms with Crippen LogP contribution in [0.15, 0.2) is 60.3 Å². The molecule has 2 amide bonds. The van der Waals surface area contributed by atoms with Gasteiger partial charge in [-0.25, -0.2) is 4.79 Å². The lowest BCUT2D eigenvalue weighted by Gasteiger charge is -2.34. The first-order valence-corrected chi connectivity index (χ1v) is 7.64. The number of benzene rings is 2. The number of ether oxygens (including phenoxy) is 1. The first kappa shape index (κ1) is 15.4. The number of hydrogen-bond acceptors (Lipinski definition) is 2. The van der Waals surface area contributed by atoms with Crippen LogP contribution in [0.3, 0.4) is 0 Å². The number of carbonyl (C=O) groups is 1. The third-order valence-electron chi connectivity index (χ3n) is 3.66. The lowest BCUT2D eigenvalue weighted by Crippen LogP contribution is -2.45. The number of amides is 2. The standard InChI is InChI=1S/C18H17ClN2O2/c1-13-11-20(15-7-5-6-14(19)10-15)18(22)21(12-13)16-8-3-4-9-17(16)23-2/h3-11H,12H2,1-2H3. The zero-order valence-electron chi connectivity index (χ0n) is 13.0. The Labute approximate surface area is 140 Å². The molecule has 4 nitrogen and oxygen atoms in total. The van der Waals surface area contributed by atoms with Crippen molar-refractivity contribution >= 4 is 29.0 Å². The smallest absolute Gasteiger partial charge is 0.333 e. The first-order valence-electron chi connectivity index (χ1n) is 7.27. The molecule has 0 unspecified atom stereocenters. The molecular weight excluding hydrogens is 312 g/mol. The summed E-state index contributed by atoms with van der Waals surface area (Å²) >= 11 is 6.06. The molecule has 0 N–H and O–H groups in total. The van der Waals surface area contributed by atoms with Crippen LogP contribution in [0.25, 0.3) is 0 Å². The van der Waals surface area contributed by atoms with Crippen LogP contribution in [0.2, 0.25) is 5.02 Å². The molecule has 0 bridgehead atoms. The van der Waals surface area contributed by atoms with Crippen molar-refractivity contribution in [3.63, 3.8) is 0 Å². The molecule has 0 spiro atoms. The number of para-hydroxylation sites is 2. The number of methoxy groups -OCH3 is 1. The summed E-state index contributed by atoms with van der Waals surface area (Å²) in [6, 6.07) is 14.6. The molecule has 0 fully saturated rings. The summed E-state index contributed by atoms with van der Waals surface area (Å²) in [4.78, 5) is 16.3. The number of anilines is 2. The number of nitrogens with zero attached hydrogens (tertiary/aromatic N) is 2. The highest BCUT2D eigenvalue weighted by Crippen LogP contribution is 2.32. The molecule has 23 heavy (non-hydrogen) atoms. The van der Waals surface area contributed by atoms with E-state index in [2.05, 4.69) is 0 Å². The highest BCUT2D eigenvalue weighted by molar-refractivity contribution is 6.31. The number of hydrogen-bond donors (Lipinski definition) is 0. The fraction of sp³-hybridized carbons (Fsp3) is 0.167. The molecule has 2 aromatic rings. The molecule has 3 rings (SSSR count). The van der Waals surface area contributed by atoms with Gasteiger partial charge in [0.25, 0.3) is 0 Å². The van der Waals surface area contributed by atoms with Gasteiger partial charge in [0, 0.05) is 11.2 Å². The topological polar surface area (TPSA) is 32.8 Å². The lowest BCUT2D eigenvalue weighted by molar-refractivity contribution is 0.252. The molecule has 1 aliphatic heterocycles. The summed E-state index contributed by atoms with van der Waals surface area (Å²) in [5.74, 6) is 0.668.